The molecule has 0 bridgehead atoms. The molecule has 1 aliphatic rings. The van der Waals surface area contributed by atoms with Crippen LogP contribution in [0.2, 0.25) is 0 Å². The lowest BCUT2D eigenvalue weighted by Gasteiger charge is -2.18. The van der Waals surface area contributed by atoms with Crippen molar-refractivity contribution in [2.75, 3.05) is 25.4 Å². The van der Waals surface area contributed by atoms with Gasteiger partial charge in [-0.25, -0.2) is 9.55 Å². The molecule has 2 rings (SSSR count). The van der Waals surface area contributed by atoms with Crippen LogP contribution < -0.4 is 0 Å². The zero-order valence-electron chi connectivity index (χ0n) is 16.5. The van der Waals surface area contributed by atoms with Crippen molar-refractivity contribution >= 4 is 30.8 Å². The van der Waals surface area contributed by atoms with E-state index in [1.807, 2.05) is 25.7 Å². The van der Waals surface area contributed by atoms with Gasteiger partial charge in [-0.15, -0.1) is 0 Å². The minimum atomic E-state index is -0.527. The summed E-state index contributed by atoms with van der Waals surface area (Å²) in [5.74, 6) is 1.45. The fourth-order valence-corrected chi connectivity index (χ4v) is 2.55. The number of carbonyl (C=O) groups is 2. The normalized spacial score (nSPS) is 13.6. The van der Waals surface area contributed by atoms with Crippen molar-refractivity contribution in [3.63, 3.8) is 0 Å². The number of aromatic nitrogens is 2. The predicted octanol–water partition coefficient (Wildman–Crippen LogP) is 2.47. The first-order valence-corrected chi connectivity index (χ1v) is 9.67. The zero-order valence-corrected chi connectivity index (χ0v) is 17.4. The standard InChI is InChI=1S/C8H15NOS.C7H9N3O4.C2H6/c1-7(6-11)8(10)9-4-2-3-5-9;1-6-8-4-7(10(12)13)9(6)2-3-14-5-11;1-2/h7,11H,2-6H2,1H3;4-5H,2-3H2,1H3;1-2H3. The predicted molar refractivity (Wildman–Crippen MR) is 106 cm³/mol. The van der Waals surface area contributed by atoms with Gasteiger partial charge in [0.2, 0.25) is 5.91 Å². The number of nitro groups is 1. The number of aryl methyl sites for hydroxylation is 1. The molecule has 1 aromatic rings. The van der Waals surface area contributed by atoms with E-state index in [-0.39, 0.29) is 30.8 Å². The van der Waals surface area contributed by atoms with Crippen LogP contribution in [0.5, 0.6) is 0 Å². The topological polar surface area (TPSA) is 108 Å². The van der Waals surface area contributed by atoms with Crippen LogP contribution in [0.4, 0.5) is 5.82 Å². The summed E-state index contributed by atoms with van der Waals surface area (Å²) in [6.07, 6.45) is 3.52. The van der Waals surface area contributed by atoms with Crippen molar-refractivity contribution in [3.05, 3.63) is 22.1 Å². The molecule has 1 aliphatic heterocycles. The second-order valence-corrected chi connectivity index (χ2v) is 6.02. The first kappa shape index (κ1) is 24.9. The molecule has 0 aliphatic carbocycles. The van der Waals surface area contributed by atoms with E-state index in [1.165, 1.54) is 23.6 Å². The molecule has 9 nitrogen and oxygen atoms in total. The van der Waals surface area contributed by atoms with Gasteiger partial charge in [0.25, 0.3) is 6.47 Å². The Kier molecular flexibility index (Phi) is 12.9. The van der Waals surface area contributed by atoms with Crippen molar-refractivity contribution in [2.45, 2.75) is 47.1 Å². The van der Waals surface area contributed by atoms with Gasteiger partial charge in [-0.2, -0.15) is 12.6 Å². The van der Waals surface area contributed by atoms with Crippen LogP contribution >= 0.6 is 12.6 Å². The van der Waals surface area contributed by atoms with Crippen LogP contribution in [0.15, 0.2) is 6.20 Å². The number of rotatable bonds is 7. The highest BCUT2D eigenvalue weighted by molar-refractivity contribution is 7.80. The molecule has 0 radical (unpaired) electrons. The molecule has 27 heavy (non-hydrogen) atoms. The highest BCUT2D eigenvalue weighted by Crippen LogP contribution is 2.13. The van der Waals surface area contributed by atoms with Crippen LogP contribution in [0, 0.1) is 23.0 Å². The summed E-state index contributed by atoms with van der Waals surface area (Å²) >= 11 is 4.10. The molecule has 1 aromatic heterocycles. The van der Waals surface area contributed by atoms with Gasteiger partial charge in [-0.1, -0.05) is 20.8 Å². The van der Waals surface area contributed by atoms with Gasteiger partial charge in [0.1, 0.15) is 19.3 Å². The van der Waals surface area contributed by atoms with Crippen LogP contribution in [-0.2, 0) is 20.9 Å². The Morgan fingerprint density at radius 2 is 2.04 bits per heavy atom. The molecule has 10 heteroatoms. The highest BCUT2D eigenvalue weighted by Gasteiger charge is 2.21. The number of hydrogen-bond donors (Lipinski definition) is 1. The van der Waals surface area contributed by atoms with Crippen molar-refractivity contribution in [1.82, 2.24) is 14.5 Å². The minimum Gasteiger partial charge on any atom is -0.464 e. The Morgan fingerprint density at radius 1 is 1.44 bits per heavy atom. The third-order valence-electron chi connectivity index (χ3n) is 3.84. The maximum absolute atomic E-state index is 11.5. The van der Waals surface area contributed by atoms with E-state index in [0.29, 0.717) is 18.0 Å². The molecule has 0 N–H and O–H groups in total. The maximum Gasteiger partial charge on any atom is 0.342 e. The minimum absolute atomic E-state index is 0.0939. The Morgan fingerprint density at radius 3 is 2.52 bits per heavy atom. The summed E-state index contributed by atoms with van der Waals surface area (Å²) in [7, 11) is 0. The van der Waals surface area contributed by atoms with E-state index in [9.17, 15) is 19.7 Å². The third kappa shape index (κ3) is 8.42. The van der Waals surface area contributed by atoms with E-state index < -0.39 is 4.92 Å². The van der Waals surface area contributed by atoms with E-state index in [4.69, 9.17) is 0 Å². The summed E-state index contributed by atoms with van der Waals surface area (Å²) in [6.45, 7) is 10.1. The zero-order chi connectivity index (χ0) is 20.8. The Hall–Kier alpha value is -2.10. The lowest BCUT2D eigenvalue weighted by atomic mass is 10.2. The molecule has 0 aromatic carbocycles. The van der Waals surface area contributed by atoms with Gasteiger partial charge in [0.15, 0.2) is 5.82 Å². The number of ether oxygens (including phenoxy) is 1. The molecule has 1 amide bonds. The SMILES string of the molecule is CC.CC(CS)C(=O)N1CCCC1.Cc1ncc([N+](=O)[O-])n1CCOC=O. The van der Waals surface area contributed by atoms with Crippen LogP contribution in [-0.4, -0.2) is 57.2 Å². The molecule has 1 atom stereocenters. The molecular formula is C17H30N4O5S. The van der Waals surface area contributed by atoms with Gasteiger partial charge in [0.05, 0.1) is 0 Å². The van der Waals surface area contributed by atoms with Crippen molar-refractivity contribution in [1.29, 1.82) is 0 Å². The molecular weight excluding hydrogens is 372 g/mol. The largest absolute Gasteiger partial charge is 0.464 e. The number of thiol groups is 1. The van der Waals surface area contributed by atoms with Gasteiger partial charge < -0.3 is 19.8 Å². The lowest BCUT2D eigenvalue weighted by Crippen LogP contribution is -2.33. The molecule has 1 unspecified atom stereocenters. The number of likely N-dealkylation sites (tertiary alicyclic amines) is 1. The Bertz CT molecular complexity index is 588. The van der Waals surface area contributed by atoms with Crippen LogP contribution in [0.1, 0.15) is 39.4 Å². The highest BCUT2D eigenvalue weighted by atomic mass is 32.1. The molecule has 0 spiro atoms. The number of imidazole rings is 1. The summed E-state index contributed by atoms with van der Waals surface area (Å²) in [5, 5.41) is 10.5. The van der Waals surface area contributed by atoms with E-state index >= 15 is 0 Å². The second-order valence-electron chi connectivity index (χ2n) is 5.66. The number of carbonyl (C=O) groups excluding carboxylic acids is 2. The maximum atomic E-state index is 11.5. The first-order chi connectivity index (χ1) is 12.9. The summed E-state index contributed by atoms with van der Waals surface area (Å²) in [4.78, 5) is 37.0. The Balaban J connectivity index is 0.000000469. The smallest absolute Gasteiger partial charge is 0.342 e. The quantitative estimate of drug-likeness (QED) is 0.247. The third-order valence-corrected chi connectivity index (χ3v) is 4.38. The second kappa shape index (κ2) is 14.0. The monoisotopic (exact) mass is 402 g/mol. The van der Waals surface area contributed by atoms with Gasteiger partial charge in [-0.3, -0.25) is 9.59 Å². The summed E-state index contributed by atoms with van der Waals surface area (Å²) in [5.41, 5.74) is 0. The van der Waals surface area contributed by atoms with Gasteiger partial charge in [-0.05, 0) is 17.8 Å². The number of nitrogens with zero attached hydrogens (tertiary/aromatic N) is 4. The number of hydrogen-bond acceptors (Lipinski definition) is 7. The average molecular weight is 403 g/mol. The van der Waals surface area contributed by atoms with E-state index in [0.717, 1.165) is 13.1 Å². The van der Waals surface area contributed by atoms with Crippen molar-refractivity contribution < 1.29 is 19.2 Å². The Labute approximate surface area is 165 Å². The van der Waals surface area contributed by atoms with Gasteiger partial charge >= 0.3 is 5.82 Å². The molecule has 2 heterocycles. The molecule has 0 saturated carbocycles. The molecule has 154 valence electrons. The average Bonchev–Trinajstić information content (AvgIpc) is 3.33. The summed E-state index contributed by atoms with van der Waals surface area (Å²) < 4.78 is 5.82. The molecule has 1 saturated heterocycles. The van der Waals surface area contributed by atoms with Crippen molar-refractivity contribution in [3.8, 4) is 0 Å². The molecule has 1 fully saturated rings. The fraction of sp³-hybridized carbons (Fsp3) is 0.706. The van der Waals surface area contributed by atoms with E-state index in [1.54, 1.807) is 6.92 Å². The number of amides is 1. The van der Waals surface area contributed by atoms with Crippen LogP contribution in [0.25, 0.3) is 0 Å². The lowest BCUT2D eigenvalue weighted by molar-refractivity contribution is -0.392. The van der Waals surface area contributed by atoms with Crippen molar-refractivity contribution in [2.24, 2.45) is 5.92 Å². The first-order valence-electron chi connectivity index (χ1n) is 9.03. The summed E-state index contributed by atoms with van der Waals surface area (Å²) in [6, 6.07) is 0. The van der Waals surface area contributed by atoms with Crippen LogP contribution in [0.3, 0.4) is 0 Å². The van der Waals surface area contributed by atoms with Gasteiger partial charge in [0, 0.05) is 31.7 Å². The van der Waals surface area contributed by atoms with E-state index in [2.05, 4.69) is 22.3 Å². The fourth-order valence-electron chi connectivity index (χ4n) is 2.40.